The van der Waals surface area contributed by atoms with Crippen LogP contribution in [-0.4, -0.2) is 16.3 Å². The van der Waals surface area contributed by atoms with Crippen LogP contribution in [0.1, 0.15) is 5.56 Å². The zero-order chi connectivity index (χ0) is 15.3. The van der Waals surface area contributed by atoms with Crippen LogP contribution >= 0.6 is 11.6 Å². The number of halogens is 4. The molecule has 0 N–H and O–H groups in total. The molecule has 2 rings (SSSR count). The lowest BCUT2D eigenvalue weighted by atomic mass is 10.2. The number of benzene rings is 1. The van der Waals surface area contributed by atoms with Gasteiger partial charge < -0.3 is 4.74 Å². The average molecular weight is 315 g/mol. The van der Waals surface area contributed by atoms with Crippen molar-refractivity contribution < 1.29 is 17.9 Å². The maximum Gasteiger partial charge on any atom is 0.444 e. The summed E-state index contributed by atoms with van der Waals surface area (Å²) < 4.78 is 42.6. The van der Waals surface area contributed by atoms with Gasteiger partial charge in [0.15, 0.2) is 11.6 Å². The third kappa shape index (κ3) is 4.46. The molecule has 0 spiro atoms. The van der Waals surface area contributed by atoms with Gasteiger partial charge in [-0.2, -0.15) is 13.2 Å². The van der Waals surface area contributed by atoms with E-state index in [1.54, 1.807) is 6.07 Å². The van der Waals surface area contributed by atoms with Gasteiger partial charge in [-0.3, -0.25) is 0 Å². The molecule has 1 aromatic heterocycles. The van der Waals surface area contributed by atoms with Gasteiger partial charge >= 0.3 is 6.18 Å². The molecule has 0 aliphatic heterocycles. The van der Waals surface area contributed by atoms with E-state index in [0.29, 0.717) is 0 Å². The molecule has 0 bridgehead atoms. The van der Waals surface area contributed by atoms with E-state index < -0.39 is 11.3 Å². The summed E-state index contributed by atoms with van der Waals surface area (Å²) in [4.78, 5) is 7.01. The Morgan fingerprint density at radius 1 is 1.14 bits per heavy atom. The van der Waals surface area contributed by atoms with Crippen molar-refractivity contribution in [1.82, 2.24) is 4.98 Å². The van der Waals surface area contributed by atoms with Crippen LogP contribution < -0.4 is 4.74 Å². The van der Waals surface area contributed by atoms with E-state index in [9.17, 15) is 13.2 Å². The number of rotatable bonds is 4. The van der Waals surface area contributed by atoms with Gasteiger partial charge in [0.1, 0.15) is 6.61 Å². The number of aliphatic imine (C=N–C) groups is 1. The average Bonchev–Trinajstić information content (AvgIpc) is 2.46. The van der Waals surface area contributed by atoms with E-state index in [0.717, 1.165) is 5.56 Å². The fourth-order valence-corrected chi connectivity index (χ4v) is 1.55. The highest BCUT2D eigenvalue weighted by Gasteiger charge is 2.34. The first kappa shape index (κ1) is 15.3. The predicted octanol–water partition coefficient (Wildman–Crippen LogP) is 4.49. The van der Waals surface area contributed by atoms with Gasteiger partial charge in [0.05, 0.1) is 0 Å². The van der Waals surface area contributed by atoms with Crippen molar-refractivity contribution in [2.75, 3.05) is 0 Å². The van der Waals surface area contributed by atoms with Gasteiger partial charge in [-0.15, -0.1) is 0 Å². The first-order valence-corrected chi connectivity index (χ1v) is 6.28. The summed E-state index contributed by atoms with van der Waals surface area (Å²) in [5.41, 5.74) is 0.873. The van der Waals surface area contributed by atoms with Crippen molar-refractivity contribution in [3.63, 3.8) is 0 Å². The van der Waals surface area contributed by atoms with Crippen molar-refractivity contribution in [2.24, 2.45) is 4.99 Å². The van der Waals surface area contributed by atoms with E-state index in [-0.39, 0.29) is 18.2 Å². The molecule has 0 saturated carbocycles. The second kappa shape index (κ2) is 6.58. The lowest BCUT2D eigenvalue weighted by Gasteiger charge is -2.09. The second-order valence-corrected chi connectivity index (χ2v) is 4.36. The van der Waals surface area contributed by atoms with Crippen molar-refractivity contribution >= 4 is 22.6 Å². The first-order chi connectivity index (χ1) is 9.97. The number of nitrogens with zero attached hydrogens (tertiary/aromatic N) is 2. The minimum absolute atomic E-state index is 0.128. The largest absolute Gasteiger partial charge is 0.485 e. The Morgan fingerprint density at radius 3 is 2.52 bits per heavy atom. The van der Waals surface area contributed by atoms with Crippen LogP contribution in [-0.2, 0) is 6.61 Å². The Bertz CT molecular complexity index is 630. The molecule has 0 saturated heterocycles. The van der Waals surface area contributed by atoms with E-state index in [1.807, 2.05) is 30.3 Å². The molecule has 0 aliphatic carbocycles. The molecule has 3 nitrogen and oxygen atoms in total. The van der Waals surface area contributed by atoms with Crippen LogP contribution in [0.5, 0.6) is 5.75 Å². The lowest BCUT2D eigenvalue weighted by molar-refractivity contribution is -0.0558. The maximum absolute atomic E-state index is 12.4. The minimum atomic E-state index is -4.71. The molecule has 21 heavy (non-hydrogen) atoms. The quantitative estimate of drug-likeness (QED) is 0.779. The van der Waals surface area contributed by atoms with Crippen LogP contribution in [0.3, 0.4) is 0 Å². The van der Waals surface area contributed by atoms with Crippen molar-refractivity contribution in [2.45, 2.75) is 12.8 Å². The number of alkyl halides is 3. The van der Waals surface area contributed by atoms with Gasteiger partial charge in [0.25, 0.3) is 0 Å². The standard InChI is InChI=1S/C14H10ClF3N2O/c15-13(14(16,17)18)20-12-11(7-4-8-19-12)21-9-10-5-2-1-3-6-10/h1-8H,9H2. The Kier molecular flexibility index (Phi) is 4.80. The zero-order valence-corrected chi connectivity index (χ0v) is 11.4. The van der Waals surface area contributed by atoms with Crippen LogP contribution in [0.2, 0.25) is 0 Å². The molecule has 1 heterocycles. The molecule has 110 valence electrons. The van der Waals surface area contributed by atoms with Crippen LogP contribution in [0.25, 0.3) is 0 Å². The van der Waals surface area contributed by atoms with E-state index in [2.05, 4.69) is 9.98 Å². The fraction of sp³-hybridized carbons (Fsp3) is 0.143. The molecule has 0 aliphatic rings. The predicted molar refractivity (Wildman–Crippen MR) is 74.0 cm³/mol. The van der Waals surface area contributed by atoms with Crippen molar-refractivity contribution in [1.29, 1.82) is 0 Å². The summed E-state index contributed by atoms with van der Waals surface area (Å²) in [6.07, 6.45) is -3.40. The third-order valence-corrected chi connectivity index (χ3v) is 2.72. The van der Waals surface area contributed by atoms with Gasteiger partial charge in [-0.05, 0) is 17.7 Å². The number of aromatic nitrogens is 1. The van der Waals surface area contributed by atoms with E-state index in [4.69, 9.17) is 16.3 Å². The Hall–Kier alpha value is -2.08. The molecule has 0 fully saturated rings. The summed E-state index contributed by atoms with van der Waals surface area (Å²) in [6.45, 7) is 0.193. The molecule has 2 aromatic rings. The van der Waals surface area contributed by atoms with Gasteiger partial charge in [-0.1, -0.05) is 41.9 Å². The molecule has 0 radical (unpaired) electrons. The Labute approximate surface area is 124 Å². The normalized spacial score (nSPS) is 12.3. The second-order valence-electron chi connectivity index (χ2n) is 4.00. The van der Waals surface area contributed by atoms with Gasteiger partial charge in [0, 0.05) is 6.20 Å². The smallest absolute Gasteiger partial charge is 0.444 e. The highest BCUT2D eigenvalue weighted by Crippen LogP contribution is 2.29. The molecule has 0 unspecified atom stereocenters. The highest BCUT2D eigenvalue weighted by atomic mass is 35.5. The first-order valence-electron chi connectivity index (χ1n) is 5.90. The van der Waals surface area contributed by atoms with E-state index >= 15 is 0 Å². The molecule has 1 aromatic carbocycles. The van der Waals surface area contributed by atoms with Crippen molar-refractivity contribution in [3.05, 3.63) is 54.2 Å². The molecular weight excluding hydrogens is 305 g/mol. The molecule has 7 heteroatoms. The third-order valence-electron chi connectivity index (χ3n) is 2.43. The summed E-state index contributed by atoms with van der Waals surface area (Å²) in [6, 6.07) is 12.2. The van der Waals surface area contributed by atoms with Gasteiger partial charge in [-0.25, -0.2) is 9.98 Å². The topological polar surface area (TPSA) is 34.5 Å². The molecular formula is C14H10ClF3N2O. The SMILES string of the molecule is FC(F)(F)C(Cl)=Nc1ncccc1OCc1ccccc1. The Balaban J connectivity index is 2.18. The van der Waals surface area contributed by atoms with E-state index in [1.165, 1.54) is 12.3 Å². The molecule has 0 atom stereocenters. The Morgan fingerprint density at radius 2 is 1.86 bits per heavy atom. The number of ether oxygens (including phenoxy) is 1. The van der Waals surface area contributed by atoms with Gasteiger partial charge in [0.2, 0.25) is 5.17 Å². The summed E-state index contributed by atoms with van der Waals surface area (Å²) in [5.74, 6) is -0.0838. The number of hydrogen-bond acceptors (Lipinski definition) is 3. The highest BCUT2D eigenvalue weighted by molar-refractivity contribution is 6.67. The zero-order valence-electron chi connectivity index (χ0n) is 10.6. The van der Waals surface area contributed by atoms with Crippen LogP contribution in [0.15, 0.2) is 53.7 Å². The number of pyridine rings is 1. The number of hydrogen-bond donors (Lipinski definition) is 0. The minimum Gasteiger partial charge on any atom is -0.485 e. The summed E-state index contributed by atoms with van der Waals surface area (Å²) in [5, 5.41) is -1.49. The molecule has 0 amide bonds. The lowest BCUT2D eigenvalue weighted by Crippen LogP contribution is -2.16. The monoisotopic (exact) mass is 314 g/mol. The maximum atomic E-state index is 12.4. The van der Waals surface area contributed by atoms with Crippen LogP contribution in [0, 0.1) is 0 Å². The summed E-state index contributed by atoms with van der Waals surface area (Å²) >= 11 is 5.11. The summed E-state index contributed by atoms with van der Waals surface area (Å²) in [7, 11) is 0. The van der Waals surface area contributed by atoms with Crippen LogP contribution in [0.4, 0.5) is 19.0 Å². The van der Waals surface area contributed by atoms with Crippen molar-refractivity contribution in [3.8, 4) is 5.75 Å². The fourth-order valence-electron chi connectivity index (χ4n) is 1.47.